The monoisotopic (exact) mass is 427 g/mol. The van der Waals surface area contributed by atoms with Crippen LogP contribution in [-0.2, 0) is 14.8 Å². The Morgan fingerprint density at radius 2 is 1.86 bits per heavy atom. The Hall–Kier alpha value is -2.55. The zero-order chi connectivity index (χ0) is 20.3. The SMILES string of the molecule is O=C(Nc1ccccc1-c1cccs1)C1CCN(S(=O)(=O)c2cccnc2)CC1. The molecule has 0 bridgehead atoms. The van der Waals surface area contributed by atoms with Crippen LogP contribution in [0, 0.1) is 5.92 Å². The molecule has 1 aliphatic rings. The highest BCUT2D eigenvalue weighted by atomic mass is 32.2. The number of hydrogen-bond donors (Lipinski definition) is 1. The van der Waals surface area contributed by atoms with Gasteiger partial charge in [-0.15, -0.1) is 11.3 Å². The van der Waals surface area contributed by atoms with Gasteiger partial charge in [-0.05, 0) is 42.5 Å². The highest BCUT2D eigenvalue weighted by molar-refractivity contribution is 7.89. The van der Waals surface area contributed by atoms with E-state index >= 15 is 0 Å². The van der Waals surface area contributed by atoms with Gasteiger partial charge in [0.05, 0.1) is 0 Å². The molecule has 0 aliphatic carbocycles. The average molecular weight is 428 g/mol. The fourth-order valence-corrected chi connectivity index (χ4v) is 5.68. The van der Waals surface area contributed by atoms with Crippen LogP contribution in [0.1, 0.15) is 12.8 Å². The lowest BCUT2D eigenvalue weighted by Gasteiger charge is -2.30. The van der Waals surface area contributed by atoms with Gasteiger partial charge in [0.25, 0.3) is 0 Å². The molecule has 0 radical (unpaired) electrons. The summed E-state index contributed by atoms with van der Waals surface area (Å²) in [6.45, 7) is 0.643. The Morgan fingerprint density at radius 1 is 1.07 bits per heavy atom. The number of piperidine rings is 1. The van der Waals surface area contributed by atoms with Gasteiger partial charge in [0.15, 0.2) is 0 Å². The molecule has 4 rings (SSSR count). The van der Waals surface area contributed by atoms with Crippen LogP contribution < -0.4 is 5.32 Å². The number of pyridine rings is 1. The molecule has 6 nitrogen and oxygen atoms in total. The van der Waals surface area contributed by atoms with E-state index in [-0.39, 0.29) is 16.7 Å². The fraction of sp³-hybridized carbons (Fsp3) is 0.238. The van der Waals surface area contributed by atoms with Gasteiger partial charge in [0.2, 0.25) is 15.9 Å². The maximum atomic E-state index is 12.8. The second-order valence-corrected chi connectivity index (χ2v) is 9.76. The number of aromatic nitrogens is 1. The van der Waals surface area contributed by atoms with Gasteiger partial charge in [-0.1, -0.05) is 24.3 Å². The van der Waals surface area contributed by atoms with Crippen LogP contribution in [0.5, 0.6) is 0 Å². The van der Waals surface area contributed by atoms with Crippen molar-refractivity contribution in [1.29, 1.82) is 0 Å². The van der Waals surface area contributed by atoms with E-state index in [0.29, 0.717) is 25.9 Å². The Morgan fingerprint density at radius 3 is 2.55 bits per heavy atom. The summed E-state index contributed by atoms with van der Waals surface area (Å²) in [5, 5.41) is 5.05. The number of carbonyl (C=O) groups is 1. The van der Waals surface area contributed by atoms with Gasteiger partial charge >= 0.3 is 0 Å². The minimum absolute atomic E-state index is 0.0626. The van der Waals surface area contributed by atoms with Crippen molar-refractivity contribution in [2.45, 2.75) is 17.7 Å². The van der Waals surface area contributed by atoms with E-state index in [1.807, 2.05) is 41.8 Å². The third kappa shape index (κ3) is 4.24. The highest BCUT2D eigenvalue weighted by Gasteiger charge is 2.32. The van der Waals surface area contributed by atoms with E-state index in [4.69, 9.17) is 0 Å². The number of benzene rings is 1. The summed E-state index contributed by atoms with van der Waals surface area (Å²) in [6.07, 6.45) is 3.89. The summed E-state index contributed by atoms with van der Waals surface area (Å²) in [6, 6.07) is 14.9. The molecule has 0 spiro atoms. The van der Waals surface area contributed by atoms with Crippen molar-refractivity contribution in [3.8, 4) is 10.4 Å². The van der Waals surface area contributed by atoms with Crippen molar-refractivity contribution in [2.75, 3.05) is 18.4 Å². The number of rotatable bonds is 5. The Labute approximate surface area is 174 Å². The second kappa shape index (κ2) is 8.44. The summed E-state index contributed by atoms with van der Waals surface area (Å²) in [5.41, 5.74) is 1.78. The first-order valence-corrected chi connectivity index (χ1v) is 11.7. The van der Waals surface area contributed by atoms with Crippen LogP contribution >= 0.6 is 11.3 Å². The molecule has 150 valence electrons. The van der Waals surface area contributed by atoms with Crippen molar-refractivity contribution >= 4 is 33.0 Å². The van der Waals surface area contributed by atoms with Crippen LogP contribution in [0.25, 0.3) is 10.4 Å². The number of sulfonamides is 1. The van der Waals surface area contributed by atoms with Crippen LogP contribution in [0.15, 0.2) is 71.2 Å². The van der Waals surface area contributed by atoms with E-state index in [9.17, 15) is 13.2 Å². The number of anilines is 1. The third-order valence-corrected chi connectivity index (χ3v) is 7.85. The summed E-state index contributed by atoms with van der Waals surface area (Å²) < 4.78 is 26.9. The summed E-state index contributed by atoms with van der Waals surface area (Å²) in [5.74, 6) is -0.279. The Bertz CT molecular complexity index is 1080. The van der Waals surface area contributed by atoms with E-state index < -0.39 is 10.0 Å². The molecule has 0 unspecified atom stereocenters. The normalized spacial score (nSPS) is 15.9. The number of carbonyl (C=O) groups excluding carboxylic acids is 1. The van der Waals surface area contributed by atoms with Gasteiger partial charge < -0.3 is 5.32 Å². The number of thiophene rings is 1. The molecule has 1 fully saturated rings. The zero-order valence-corrected chi connectivity index (χ0v) is 17.3. The standard InChI is InChI=1S/C21H21N3O3S2/c25-21(23-19-7-2-1-6-18(19)20-8-4-14-28-20)16-9-12-24(13-10-16)29(26,27)17-5-3-11-22-15-17/h1-8,11,14-16H,9-10,12-13H2,(H,23,25). The van der Waals surface area contributed by atoms with E-state index in [2.05, 4.69) is 10.3 Å². The molecule has 3 aromatic rings. The van der Waals surface area contributed by atoms with Crippen LogP contribution in [0.3, 0.4) is 0 Å². The summed E-state index contributed by atoms with van der Waals surface area (Å²) in [7, 11) is -3.57. The molecule has 29 heavy (non-hydrogen) atoms. The Balaban J connectivity index is 1.42. The smallest absolute Gasteiger partial charge is 0.244 e. The fourth-order valence-electron chi connectivity index (χ4n) is 3.48. The molecule has 0 atom stereocenters. The van der Waals surface area contributed by atoms with Gasteiger partial charge in [-0.3, -0.25) is 9.78 Å². The molecule has 1 N–H and O–H groups in total. The summed E-state index contributed by atoms with van der Waals surface area (Å²) >= 11 is 1.62. The van der Waals surface area contributed by atoms with Crippen molar-refractivity contribution in [1.82, 2.24) is 9.29 Å². The van der Waals surface area contributed by atoms with Gasteiger partial charge in [0, 0.05) is 47.5 Å². The lowest BCUT2D eigenvalue weighted by atomic mass is 9.97. The predicted molar refractivity (Wildman–Crippen MR) is 114 cm³/mol. The first-order chi connectivity index (χ1) is 14.1. The molecule has 1 aromatic carbocycles. The maximum absolute atomic E-state index is 12.8. The zero-order valence-electron chi connectivity index (χ0n) is 15.7. The van der Waals surface area contributed by atoms with E-state index in [1.165, 1.54) is 10.5 Å². The minimum Gasteiger partial charge on any atom is -0.325 e. The molecule has 1 amide bonds. The molecular weight excluding hydrogens is 406 g/mol. The average Bonchev–Trinajstić information content (AvgIpc) is 3.29. The van der Waals surface area contributed by atoms with Crippen LogP contribution in [0.4, 0.5) is 5.69 Å². The molecule has 2 aromatic heterocycles. The number of nitrogens with one attached hydrogen (secondary N) is 1. The maximum Gasteiger partial charge on any atom is 0.244 e. The van der Waals surface area contributed by atoms with Crippen molar-refractivity contribution in [3.63, 3.8) is 0 Å². The highest BCUT2D eigenvalue weighted by Crippen LogP contribution is 2.32. The number of amides is 1. The molecule has 3 heterocycles. The predicted octanol–water partition coefficient (Wildman–Crippen LogP) is 3.85. The van der Waals surface area contributed by atoms with Crippen molar-refractivity contribution < 1.29 is 13.2 Å². The quantitative estimate of drug-likeness (QED) is 0.671. The van der Waals surface area contributed by atoms with E-state index in [1.54, 1.807) is 29.7 Å². The molecule has 8 heteroatoms. The lowest BCUT2D eigenvalue weighted by Crippen LogP contribution is -2.41. The largest absolute Gasteiger partial charge is 0.325 e. The second-order valence-electron chi connectivity index (χ2n) is 6.88. The van der Waals surface area contributed by atoms with Gasteiger partial charge in [0.1, 0.15) is 4.90 Å². The number of hydrogen-bond acceptors (Lipinski definition) is 5. The first-order valence-electron chi connectivity index (χ1n) is 9.39. The lowest BCUT2D eigenvalue weighted by molar-refractivity contribution is -0.120. The van der Waals surface area contributed by atoms with Crippen LogP contribution in [-0.4, -0.2) is 36.7 Å². The Kier molecular flexibility index (Phi) is 5.75. The van der Waals surface area contributed by atoms with Gasteiger partial charge in [-0.2, -0.15) is 4.31 Å². The topological polar surface area (TPSA) is 79.4 Å². The van der Waals surface area contributed by atoms with Gasteiger partial charge in [-0.25, -0.2) is 8.42 Å². The molecule has 0 saturated carbocycles. The van der Waals surface area contributed by atoms with E-state index in [0.717, 1.165) is 16.1 Å². The molecule has 1 aliphatic heterocycles. The third-order valence-electron chi connectivity index (χ3n) is 5.07. The molecule has 1 saturated heterocycles. The van der Waals surface area contributed by atoms with Crippen molar-refractivity contribution in [2.24, 2.45) is 5.92 Å². The molecular formula is C21H21N3O3S2. The number of para-hydroxylation sites is 1. The van der Waals surface area contributed by atoms with Crippen LogP contribution in [0.2, 0.25) is 0 Å². The van der Waals surface area contributed by atoms with Crippen molar-refractivity contribution in [3.05, 3.63) is 66.3 Å². The minimum atomic E-state index is -3.57. The summed E-state index contributed by atoms with van der Waals surface area (Å²) in [4.78, 5) is 18.0. The number of nitrogens with zero attached hydrogens (tertiary/aromatic N) is 2. The first kappa shape index (κ1) is 19.8.